The molecule has 0 aliphatic carbocycles. The Hall–Kier alpha value is -2.84. The number of amides is 1. The summed E-state index contributed by atoms with van der Waals surface area (Å²) in [6, 6.07) is 15.8. The van der Waals surface area contributed by atoms with E-state index in [4.69, 9.17) is 4.74 Å². The lowest BCUT2D eigenvalue weighted by atomic mass is 10.1. The number of thioether (sulfide) groups is 1. The van der Waals surface area contributed by atoms with Crippen molar-refractivity contribution in [2.75, 3.05) is 39.8 Å². The minimum absolute atomic E-state index is 0.124. The Bertz CT molecular complexity index is 1070. The number of ether oxygens (including phenoxy) is 1. The maximum atomic E-state index is 12.8. The van der Waals surface area contributed by atoms with E-state index in [0.29, 0.717) is 0 Å². The number of aromatic nitrogens is 3. The highest BCUT2D eigenvalue weighted by molar-refractivity contribution is 7.98. The molecule has 0 bridgehead atoms. The number of hydrogen-bond acceptors (Lipinski definition) is 6. The van der Waals surface area contributed by atoms with Crippen LogP contribution in [0.1, 0.15) is 29.8 Å². The first-order valence-electron chi connectivity index (χ1n) is 11.4. The number of methoxy groups -OCH3 is 1. The van der Waals surface area contributed by atoms with Crippen LogP contribution in [-0.4, -0.2) is 70.3 Å². The monoisotopic (exact) mass is 465 g/mol. The quantitative estimate of drug-likeness (QED) is 0.468. The van der Waals surface area contributed by atoms with Gasteiger partial charge in [0.05, 0.1) is 7.11 Å². The van der Waals surface area contributed by atoms with Crippen molar-refractivity contribution in [3.05, 3.63) is 59.7 Å². The van der Waals surface area contributed by atoms with Gasteiger partial charge in [-0.15, -0.1) is 10.2 Å². The van der Waals surface area contributed by atoms with Gasteiger partial charge in [0, 0.05) is 49.6 Å². The van der Waals surface area contributed by atoms with E-state index in [-0.39, 0.29) is 5.91 Å². The second-order valence-corrected chi connectivity index (χ2v) is 8.94. The molecular formula is C25H31N5O2S. The third kappa shape index (κ3) is 5.39. The summed E-state index contributed by atoms with van der Waals surface area (Å²) in [6.45, 7) is 9.58. The van der Waals surface area contributed by atoms with E-state index in [1.807, 2.05) is 53.4 Å². The van der Waals surface area contributed by atoms with Gasteiger partial charge in [-0.05, 0) is 43.3 Å². The molecular weight excluding hydrogens is 434 g/mol. The Morgan fingerprint density at radius 2 is 1.76 bits per heavy atom. The zero-order valence-corrected chi connectivity index (χ0v) is 20.3. The Labute approximate surface area is 199 Å². The van der Waals surface area contributed by atoms with E-state index in [9.17, 15) is 4.79 Å². The van der Waals surface area contributed by atoms with Crippen molar-refractivity contribution in [2.24, 2.45) is 0 Å². The summed E-state index contributed by atoms with van der Waals surface area (Å²) in [6.07, 6.45) is 0. The number of piperazine rings is 1. The summed E-state index contributed by atoms with van der Waals surface area (Å²) in [5.74, 6) is 2.52. The summed E-state index contributed by atoms with van der Waals surface area (Å²) in [5, 5.41) is 9.73. The number of benzene rings is 2. The molecule has 2 aromatic carbocycles. The summed E-state index contributed by atoms with van der Waals surface area (Å²) < 4.78 is 7.46. The Kier molecular flexibility index (Phi) is 7.67. The molecule has 0 N–H and O–H groups in total. The smallest absolute Gasteiger partial charge is 0.253 e. The zero-order valence-electron chi connectivity index (χ0n) is 19.5. The maximum absolute atomic E-state index is 12.8. The highest BCUT2D eigenvalue weighted by Gasteiger charge is 2.21. The van der Waals surface area contributed by atoms with Gasteiger partial charge in [0.2, 0.25) is 0 Å². The maximum Gasteiger partial charge on any atom is 0.253 e. The van der Waals surface area contributed by atoms with E-state index < -0.39 is 0 Å². The molecule has 1 aliphatic rings. The minimum atomic E-state index is 0.124. The van der Waals surface area contributed by atoms with Crippen molar-refractivity contribution in [1.29, 1.82) is 0 Å². The van der Waals surface area contributed by atoms with Crippen LogP contribution in [-0.2, 0) is 12.3 Å². The molecule has 0 saturated carbocycles. The first-order valence-corrected chi connectivity index (χ1v) is 12.4. The normalized spacial score (nSPS) is 14.5. The summed E-state index contributed by atoms with van der Waals surface area (Å²) in [7, 11) is 1.66. The molecule has 8 heteroatoms. The standard InChI is InChI=1S/C25H31N5O2S/c1-4-28-13-15-29(16-14-28)24(31)20-11-9-19(10-12-20)18-33-25-27-26-23(30(25)5-2)21-7-6-8-22(17-21)32-3/h6-12,17H,4-5,13-16,18H2,1-3H3. The fourth-order valence-electron chi connectivity index (χ4n) is 4.00. The van der Waals surface area contributed by atoms with E-state index in [0.717, 1.165) is 78.4 Å². The van der Waals surface area contributed by atoms with Crippen LogP contribution in [0.2, 0.25) is 0 Å². The second-order valence-electron chi connectivity index (χ2n) is 7.99. The van der Waals surface area contributed by atoms with Crippen LogP contribution < -0.4 is 4.74 Å². The lowest BCUT2D eigenvalue weighted by molar-refractivity contribution is 0.0643. The van der Waals surface area contributed by atoms with Gasteiger partial charge in [-0.25, -0.2) is 0 Å². The third-order valence-corrected chi connectivity index (χ3v) is 7.07. The lowest BCUT2D eigenvalue weighted by Crippen LogP contribution is -2.48. The van der Waals surface area contributed by atoms with Crippen molar-refractivity contribution in [3.8, 4) is 17.1 Å². The second kappa shape index (κ2) is 10.9. The summed E-state index contributed by atoms with van der Waals surface area (Å²) in [4.78, 5) is 17.2. The average molecular weight is 466 g/mol. The molecule has 7 nitrogen and oxygen atoms in total. The SMILES string of the molecule is CCN1CCN(C(=O)c2ccc(CSc3nnc(-c4cccc(OC)c4)n3CC)cc2)CC1. The van der Waals surface area contributed by atoms with Crippen molar-refractivity contribution in [2.45, 2.75) is 31.3 Å². The van der Waals surface area contributed by atoms with Crippen LogP contribution in [0, 0.1) is 0 Å². The van der Waals surface area contributed by atoms with Gasteiger partial charge >= 0.3 is 0 Å². The van der Waals surface area contributed by atoms with E-state index in [2.05, 4.69) is 33.5 Å². The van der Waals surface area contributed by atoms with E-state index in [1.54, 1.807) is 18.9 Å². The van der Waals surface area contributed by atoms with Crippen LogP contribution in [0.4, 0.5) is 0 Å². The number of rotatable bonds is 8. The lowest BCUT2D eigenvalue weighted by Gasteiger charge is -2.34. The molecule has 1 saturated heterocycles. The number of nitrogens with zero attached hydrogens (tertiary/aromatic N) is 5. The molecule has 4 rings (SSSR count). The molecule has 1 amide bonds. The van der Waals surface area contributed by atoms with Gasteiger partial charge < -0.3 is 19.1 Å². The Morgan fingerprint density at radius 1 is 1.00 bits per heavy atom. The van der Waals surface area contributed by atoms with Gasteiger partial charge in [0.25, 0.3) is 5.91 Å². The molecule has 174 valence electrons. The molecule has 0 unspecified atom stereocenters. The van der Waals surface area contributed by atoms with Gasteiger partial charge in [-0.1, -0.05) is 43.0 Å². The van der Waals surface area contributed by atoms with E-state index >= 15 is 0 Å². The van der Waals surface area contributed by atoms with Crippen molar-refractivity contribution in [3.63, 3.8) is 0 Å². The van der Waals surface area contributed by atoms with Crippen LogP contribution in [0.15, 0.2) is 53.7 Å². The predicted molar refractivity (Wildman–Crippen MR) is 132 cm³/mol. The van der Waals surface area contributed by atoms with Gasteiger partial charge in [0.15, 0.2) is 11.0 Å². The van der Waals surface area contributed by atoms with Gasteiger partial charge in [-0.2, -0.15) is 0 Å². The molecule has 0 atom stereocenters. The largest absolute Gasteiger partial charge is 0.497 e. The molecule has 0 radical (unpaired) electrons. The van der Waals surface area contributed by atoms with Crippen LogP contribution >= 0.6 is 11.8 Å². The fraction of sp³-hybridized carbons (Fsp3) is 0.400. The minimum Gasteiger partial charge on any atom is -0.497 e. The highest BCUT2D eigenvalue weighted by atomic mass is 32.2. The van der Waals surface area contributed by atoms with Crippen molar-refractivity contribution < 1.29 is 9.53 Å². The van der Waals surface area contributed by atoms with Crippen LogP contribution in [0.5, 0.6) is 5.75 Å². The first kappa shape index (κ1) is 23.3. The van der Waals surface area contributed by atoms with Crippen LogP contribution in [0.25, 0.3) is 11.4 Å². The molecule has 3 aromatic rings. The van der Waals surface area contributed by atoms with E-state index in [1.165, 1.54) is 0 Å². The average Bonchev–Trinajstić information content (AvgIpc) is 3.30. The van der Waals surface area contributed by atoms with Gasteiger partial charge in [-0.3, -0.25) is 4.79 Å². The number of carbonyl (C=O) groups is 1. The Balaban J connectivity index is 1.39. The predicted octanol–water partition coefficient (Wildman–Crippen LogP) is 4.04. The summed E-state index contributed by atoms with van der Waals surface area (Å²) in [5.41, 5.74) is 2.89. The molecule has 1 fully saturated rings. The fourth-order valence-corrected chi connectivity index (χ4v) is 4.96. The van der Waals surface area contributed by atoms with Crippen molar-refractivity contribution in [1.82, 2.24) is 24.6 Å². The molecule has 1 aromatic heterocycles. The number of hydrogen-bond donors (Lipinski definition) is 0. The molecule has 33 heavy (non-hydrogen) atoms. The first-order chi connectivity index (χ1) is 16.1. The Morgan fingerprint density at radius 3 is 2.42 bits per heavy atom. The highest BCUT2D eigenvalue weighted by Crippen LogP contribution is 2.28. The van der Waals surface area contributed by atoms with Gasteiger partial charge in [0.1, 0.15) is 5.75 Å². The molecule has 2 heterocycles. The number of carbonyl (C=O) groups excluding carboxylic acids is 1. The zero-order chi connectivity index (χ0) is 23.2. The van der Waals surface area contributed by atoms with Crippen LogP contribution in [0.3, 0.4) is 0 Å². The van der Waals surface area contributed by atoms with Crippen molar-refractivity contribution >= 4 is 17.7 Å². The number of likely N-dealkylation sites (N-methyl/N-ethyl adjacent to an activating group) is 1. The molecule has 0 spiro atoms. The molecule has 1 aliphatic heterocycles. The third-order valence-electron chi connectivity index (χ3n) is 6.04. The summed E-state index contributed by atoms with van der Waals surface area (Å²) >= 11 is 1.65. The topological polar surface area (TPSA) is 63.5 Å².